The van der Waals surface area contributed by atoms with E-state index in [1.165, 1.54) is 5.56 Å². The van der Waals surface area contributed by atoms with Crippen LogP contribution in [0.15, 0.2) is 48.5 Å². The Kier molecular flexibility index (Phi) is 6.30. The average Bonchev–Trinajstić information content (AvgIpc) is 2.54. The molecule has 1 unspecified atom stereocenters. The van der Waals surface area contributed by atoms with Gasteiger partial charge in [0.1, 0.15) is 5.75 Å². The van der Waals surface area contributed by atoms with Gasteiger partial charge in [0.15, 0.2) is 6.23 Å². The highest BCUT2D eigenvalue weighted by molar-refractivity contribution is 5.90. The lowest BCUT2D eigenvalue weighted by Crippen LogP contribution is -2.39. The van der Waals surface area contributed by atoms with Gasteiger partial charge in [0.25, 0.3) is 0 Å². The lowest BCUT2D eigenvalue weighted by atomic mass is 9.86. The number of benzene rings is 2. The molecular weight excluding hydrogens is 324 g/mol. The molecule has 2 aromatic rings. The van der Waals surface area contributed by atoms with E-state index >= 15 is 0 Å². The number of rotatable bonds is 5. The second-order valence-electron chi connectivity index (χ2n) is 7.88. The molecule has 0 fully saturated rings. The van der Waals surface area contributed by atoms with Crippen molar-refractivity contribution in [3.05, 3.63) is 59.7 Å². The van der Waals surface area contributed by atoms with Crippen LogP contribution in [0, 0.1) is 0 Å². The number of carbonyl (C=O) groups is 1. The number of carbonyl (C=O) groups excluding carboxylic acids is 1. The van der Waals surface area contributed by atoms with E-state index in [2.05, 4.69) is 45.3 Å². The number of nitrogens with one attached hydrogen (secondary N) is 2. The minimum atomic E-state index is -0.443. The Morgan fingerprint density at radius 2 is 1.58 bits per heavy atom. The summed E-state index contributed by atoms with van der Waals surface area (Å²) in [4.78, 5) is 12.3. The fourth-order valence-electron chi connectivity index (χ4n) is 2.75. The van der Waals surface area contributed by atoms with Gasteiger partial charge in [-0.25, -0.2) is 4.79 Å². The van der Waals surface area contributed by atoms with Crippen molar-refractivity contribution < 1.29 is 9.53 Å². The summed E-state index contributed by atoms with van der Waals surface area (Å²) < 4.78 is 5.78. The molecule has 140 valence electrons. The number of para-hydroxylation sites is 1. The van der Waals surface area contributed by atoms with Crippen LogP contribution in [-0.2, 0) is 5.41 Å². The highest BCUT2D eigenvalue weighted by Gasteiger charge is 2.19. The van der Waals surface area contributed by atoms with Gasteiger partial charge < -0.3 is 15.4 Å². The molecule has 4 nitrogen and oxygen atoms in total. The zero-order valence-corrected chi connectivity index (χ0v) is 16.6. The fraction of sp³-hybridized carbons (Fsp3) is 0.409. The lowest BCUT2D eigenvalue weighted by Gasteiger charge is -2.23. The highest BCUT2D eigenvalue weighted by atomic mass is 16.5. The van der Waals surface area contributed by atoms with Crippen molar-refractivity contribution in [3.63, 3.8) is 0 Å². The van der Waals surface area contributed by atoms with Crippen molar-refractivity contribution in [3.8, 4) is 5.75 Å². The second-order valence-corrected chi connectivity index (χ2v) is 7.88. The maximum Gasteiger partial charge on any atom is 0.322 e. The number of anilines is 1. The molecule has 2 amide bonds. The van der Waals surface area contributed by atoms with Gasteiger partial charge in [-0.15, -0.1) is 0 Å². The first-order chi connectivity index (χ1) is 12.2. The van der Waals surface area contributed by atoms with E-state index in [1.807, 2.05) is 55.5 Å². The quantitative estimate of drug-likeness (QED) is 0.681. The summed E-state index contributed by atoms with van der Waals surface area (Å²) in [6.45, 7) is 12.5. The molecule has 26 heavy (non-hydrogen) atoms. The molecule has 0 aromatic heterocycles. The van der Waals surface area contributed by atoms with E-state index in [0.717, 1.165) is 17.0 Å². The minimum Gasteiger partial charge on any atom is -0.471 e. The first-order valence-corrected chi connectivity index (χ1v) is 9.10. The molecule has 0 saturated heterocycles. The van der Waals surface area contributed by atoms with Crippen LogP contribution in [0.3, 0.4) is 0 Å². The first kappa shape index (κ1) is 19.8. The van der Waals surface area contributed by atoms with Crippen molar-refractivity contribution in [1.82, 2.24) is 5.32 Å². The summed E-state index contributed by atoms with van der Waals surface area (Å²) in [5.41, 5.74) is 3.11. The van der Waals surface area contributed by atoms with Gasteiger partial charge in [-0.3, -0.25) is 0 Å². The molecule has 1 atom stereocenters. The molecule has 0 radical (unpaired) electrons. The minimum absolute atomic E-state index is 0.0514. The third kappa shape index (κ3) is 5.51. The summed E-state index contributed by atoms with van der Waals surface area (Å²) in [5, 5.41) is 5.75. The summed E-state index contributed by atoms with van der Waals surface area (Å²) in [6, 6.07) is 15.5. The molecule has 0 saturated carbocycles. The van der Waals surface area contributed by atoms with Crippen molar-refractivity contribution in [2.45, 2.75) is 59.1 Å². The van der Waals surface area contributed by atoms with Crippen molar-refractivity contribution >= 4 is 11.7 Å². The van der Waals surface area contributed by atoms with E-state index in [0.29, 0.717) is 5.92 Å². The molecule has 2 rings (SSSR count). The van der Waals surface area contributed by atoms with Gasteiger partial charge in [-0.1, -0.05) is 65.0 Å². The van der Waals surface area contributed by atoms with Crippen LogP contribution in [0.5, 0.6) is 5.75 Å². The van der Waals surface area contributed by atoms with Crippen LogP contribution in [-0.4, -0.2) is 12.3 Å². The smallest absolute Gasteiger partial charge is 0.322 e. The predicted octanol–water partition coefficient (Wildman–Crippen LogP) is 5.65. The van der Waals surface area contributed by atoms with Gasteiger partial charge in [0, 0.05) is 5.69 Å². The van der Waals surface area contributed by atoms with Crippen LogP contribution >= 0.6 is 0 Å². The SMILES string of the molecule is CC(NC(=O)Nc1ccccc1C(C)(C)C)Oc1ccc(C(C)C)cc1. The molecule has 0 spiro atoms. The van der Waals surface area contributed by atoms with Crippen molar-refractivity contribution in [1.29, 1.82) is 0 Å². The lowest BCUT2D eigenvalue weighted by molar-refractivity contribution is 0.183. The summed E-state index contributed by atoms with van der Waals surface area (Å²) >= 11 is 0. The highest BCUT2D eigenvalue weighted by Crippen LogP contribution is 2.29. The Morgan fingerprint density at radius 3 is 2.15 bits per heavy atom. The van der Waals surface area contributed by atoms with Crippen LogP contribution < -0.4 is 15.4 Å². The normalized spacial score (nSPS) is 12.6. The summed E-state index contributed by atoms with van der Waals surface area (Å²) in [5.74, 6) is 1.21. The molecule has 0 aliphatic rings. The van der Waals surface area contributed by atoms with E-state index in [1.54, 1.807) is 0 Å². The molecule has 0 heterocycles. The van der Waals surface area contributed by atoms with Crippen molar-refractivity contribution in [2.24, 2.45) is 0 Å². The zero-order chi connectivity index (χ0) is 19.3. The Hall–Kier alpha value is -2.49. The third-order valence-corrected chi connectivity index (χ3v) is 4.18. The number of hydrogen-bond acceptors (Lipinski definition) is 2. The topological polar surface area (TPSA) is 50.4 Å². The summed E-state index contributed by atoms with van der Waals surface area (Å²) in [6.07, 6.45) is -0.443. The van der Waals surface area contributed by atoms with Crippen LogP contribution in [0.25, 0.3) is 0 Å². The number of urea groups is 1. The molecular formula is C22H30N2O2. The molecule has 2 N–H and O–H groups in total. The average molecular weight is 354 g/mol. The number of ether oxygens (including phenoxy) is 1. The second kappa shape index (κ2) is 8.26. The van der Waals surface area contributed by atoms with Gasteiger partial charge in [0.05, 0.1) is 0 Å². The standard InChI is InChI=1S/C22H30N2O2/c1-15(2)17-11-13-18(14-12-17)26-16(3)23-21(25)24-20-10-8-7-9-19(20)22(4,5)6/h7-16H,1-6H3,(H2,23,24,25). The largest absolute Gasteiger partial charge is 0.471 e. The molecule has 2 aromatic carbocycles. The molecule has 0 aliphatic carbocycles. The Balaban J connectivity index is 1.95. The third-order valence-electron chi connectivity index (χ3n) is 4.18. The van der Waals surface area contributed by atoms with Crippen LogP contribution in [0.4, 0.5) is 10.5 Å². The van der Waals surface area contributed by atoms with E-state index in [-0.39, 0.29) is 11.4 Å². The number of amides is 2. The Labute approximate surface area is 157 Å². The van der Waals surface area contributed by atoms with Crippen LogP contribution in [0.1, 0.15) is 58.6 Å². The number of hydrogen-bond donors (Lipinski definition) is 2. The first-order valence-electron chi connectivity index (χ1n) is 9.10. The molecule has 4 heteroatoms. The van der Waals surface area contributed by atoms with E-state index in [9.17, 15) is 4.79 Å². The van der Waals surface area contributed by atoms with Gasteiger partial charge in [-0.2, -0.15) is 0 Å². The van der Waals surface area contributed by atoms with Crippen LogP contribution in [0.2, 0.25) is 0 Å². The maximum absolute atomic E-state index is 12.3. The van der Waals surface area contributed by atoms with E-state index < -0.39 is 6.23 Å². The fourth-order valence-corrected chi connectivity index (χ4v) is 2.75. The van der Waals surface area contributed by atoms with Gasteiger partial charge in [0.2, 0.25) is 0 Å². The maximum atomic E-state index is 12.3. The Morgan fingerprint density at radius 1 is 0.962 bits per heavy atom. The van der Waals surface area contributed by atoms with Gasteiger partial charge in [-0.05, 0) is 47.6 Å². The monoisotopic (exact) mass is 354 g/mol. The molecule has 0 aliphatic heterocycles. The van der Waals surface area contributed by atoms with Gasteiger partial charge >= 0.3 is 6.03 Å². The van der Waals surface area contributed by atoms with Crippen molar-refractivity contribution in [2.75, 3.05) is 5.32 Å². The predicted molar refractivity (Wildman–Crippen MR) is 108 cm³/mol. The zero-order valence-electron chi connectivity index (χ0n) is 16.6. The Bertz CT molecular complexity index is 731. The van der Waals surface area contributed by atoms with E-state index in [4.69, 9.17) is 4.74 Å². The summed E-state index contributed by atoms with van der Waals surface area (Å²) in [7, 11) is 0. The molecule has 0 bridgehead atoms.